The largest absolute Gasteiger partial charge is 0.343 e. The zero-order chi connectivity index (χ0) is 18.4. The number of amides is 1. The number of hydrogen-bond acceptors (Lipinski definition) is 4. The van der Waals surface area contributed by atoms with Crippen LogP contribution in [-0.4, -0.2) is 59.5 Å². The number of piperidine rings is 2. The Balaban J connectivity index is 1.47. The van der Waals surface area contributed by atoms with Crippen molar-refractivity contribution in [3.63, 3.8) is 0 Å². The number of likely N-dealkylation sites (tertiary alicyclic amines) is 1. The lowest BCUT2D eigenvalue weighted by Gasteiger charge is -2.46. The summed E-state index contributed by atoms with van der Waals surface area (Å²) in [6, 6.07) is 4.76. The molecule has 0 saturated carbocycles. The van der Waals surface area contributed by atoms with Gasteiger partial charge in [0.25, 0.3) is 0 Å². The van der Waals surface area contributed by atoms with Crippen molar-refractivity contribution in [2.45, 2.75) is 52.1 Å². The Kier molecular flexibility index (Phi) is 7.03. The van der Waals surface area contributed by atoms with Crippen LogP contribution in [0.15, 0.2) is 24.5 Å². The van der Waals surface area contributed by atoms with Gasteiger partial charge in [-0.25, -0.2) is 0 Å². The van der Waals surface area contributed by atoms with Gasteiger partial charge in [-0.3, -0.25) is 14.7 Å². The van der Waals surface area contributed by atoms with Crippen molar-refractivity contribution in [3.8, 4) is 0 Å². The molecule has 2 bridgehead atoms. The molecule has 2 aliphatic heterocycles. The lowest BCUT2D eigenvalue weighted by atomic mass is 9.79. The van der Waals surface area contributed by atoms with E-state index in [4.69, 9.17) is 0 Å². The first kappa shape index (κ1) is 19.3. The molecule has 144 valence electrons. The summed E-state index contributed by atoms with van der Waals surface area (Å²) >= 11 is 0. The smallest absolute Gasteiger partial charge is 0.222 e. The normalized spacial score (nSPS) is 25.8. The zero-order valence-corrected chi connectivity index (χ0v) is 16.4. The van der Waals surface area contributed by atoms with Gasteiger partial charge in [-0.15, -0.1) is 0 Å². The third-order valence-corrected chi connectivity index (χ3v) is 6.03. The van der Waals surface area contributed by atoms with Crippen molar-refractivity contribution >= 4 is 5.91 Å². The number of pyridine rings is 1. The van der Waals surface area contributed by atoms with Crippen LogP contribution in [0.5, 0.6) is 0 Å². The summed E-state index contributed by atoms with van der Waals surface area (Å²) in [6.07, 6.45) is 7.97. The Morgan fingerprint density at radius 1 is 1.35 bits per heavy atom. The molecule has 26 heavy (non-hydrogen) atoms. The minimum atomic E-state index is 0.311. The standard InChI is InChI=1S/C21H34N4O/c1-3-25(4-2)21(26)9-5-8-20-19-11-18(13-23-20)15-24(16-19)14-17-7-6-10-22-12-17/h6-7,10,12,18-20,23H,3-5,8-9,11,13-16H2,1-2H3/t18-,19+,20+/m0/s1. The van der Waals surface area contributed by atoms with Gasteiger partial charge in [0.05, 0.1) is 0 Å². The quantitative estimate of drug-likeness (QED) is 0.776. The molecule has 2 saturated heterocycles. The van der Waals surface area contributed by atoms with Crippen LogP contribution in [-0.2, 0) is 11.3 Å². The maximum absolute atomic E-state index is 12.2. The number of nitrogens with zero attached hydrogens (tertiary/aromatic N) is 3. The van der Waals surface area contributed by atoms with E-state index in [2.05, 4.69) is 35.1 Å². The van der Waals surface area contributed by atoms with E-state index in [9.17, 15) is 4.79 Å². The first-order valence-corrected chi connectivity index (χ1v) is 10.3. The molecule has 3 atom stereocenters. The van der Waals surface area contributed by atoms with Gasteiger partial charge in [-0.2, -0.15) is 0 Å². The number of carbonyl (C=O) groups excluding carboxylic acids is 1. The summed E-state index contributed by atoms with van der Waals surface area (Å²) in [5.74, 6) is 1.78. The number of carbonyl (C=O) groups is 1. The zero-order valence-electron chi connectivity index (χ0n) is 16.4. The predicted molar refractivity (Wildman–Crippen MR) is 105 cm³/mol. The summed E-state index contributed by atoms with van der Waals surface area (Å²) < 4.78 is 0. The highest BCUT2D eigenvalue weighted by Crippen LogP contribution is 2.31. The van der Waals surface area contributed by atoms with Crippen molar-refractivity contribution in [1.29, 1.82) is 0 Å². The average molecular weight is 359 g/mol. The van der Waals surface area contributed by atoms with E-state index in [1.165, 1.54) is 18.5 Å². The van der Waals surface area contributed by atoms with E-state index in [0.29, 0.717) is 24.3 Å². The number of nitrogens with one attached hydrogen (secondary N) is 1. The molecule has 1 N–H and O–H groups in total. The maximum atomic E-state index is 12.2. The van der Waals surface area contributed by atoms with Gasteiger partial charge in [0.1, 0.15) is 0 Å². The molecule has 0 aromatic carbocycles. The van der Waals surface area contributed by atoms with Crippen LogP contribution in [0.2, 0.25) is 0 Å². The van der Waals surface area contributed by atoms with Gasteiger partial charge in [0, 0.05) is 57.6 Å². The summed E-state index contributed by atoms with van der Waals surface area (Å²) in [6.45, 7) is 10.2. The molecule has 0 spiro atoms. The highest BCUT2D eigenvalue weighted by molar-refractivity contribution is 5.76. The van der Waals surface area contributed by atoms with Crippen LogP contribution in [0.4, 0.5) is 0 Å². The number of rotatable bonds is 8. The van der Waals surface area contributed by atoms with E-state index in [-0.39, 0.29) is 0 Å². The molecule has 0 unspecified atom stereocenters. The van der Waals surface area contributed by atoms with Crippen LogP contribution in [0, 0.1) is 11.8 Å². The molecular weight excluding hydrogens is 324 g/mol. The molecule has 1 aromatic heterocycles. The summed E-state index contributed by atoms with van der Waals surface area (Å²) in [7, 11) is 0. The third-order valence-electron chi connectivity index (χ3n) is 6.03. The van der Waals surface area contributed by atoms with Crippen molar-refractivity contribution in [2.75, 3.05) is 32.7 Å². The van der Waals surface area contributed by atoms with Crippen LogP contribution < -0.4 is 5.32 Å². The van der Waals surface area contributed by atoms with Crippen LogP contribution in [0.25, 0.3) is 0 Å². The summed E-state index contributed by atoms with van der Waals surface area (Å²) in [4.78, 5) is 21.0. The molecular formula is C21H34N4O. The van der Waals surface area contributed by atoms with Gasteiger partial charge in [-0.05, 0) is 63.1 Å². The van der Waals surface area contributed by atoms with E-state index in [1.54, 1.807) is 0 Å². The Bertz CT molecular complexity index is 560. The Labute approximate surface area is 158 Å². The summed E-state index contributed by atoms with van der Waals surface area (Å²) in [5, 5.41) is 3.77. The second-order valence-electron chi connectivity index (χ2n) is 7.89. The van der Waals surface area contributed by atoms with Gasteiger partial charge in [0.2, 0.25) is 5.91 Å². The fraction of sp³-hybridized carbons (Fsp3) is 0.714. The van der Waals surface area contributed by atoms with Crippen LogP contribution in [0.1, 0.15) is 45.1 Å². The molecule has 2 aliphatic rings. The first-order chi connectivity index (χ1) is 12.7. The molecule has 0 aliphatic carbocycles. The van der Waals surface area contributed by atoms with E-state index in [1.807, 2.05) is 23.4 Å². The highest BCUT2D eigenvalue weighted by Gasteiger charge is 2.36. The fourth-order valence-electron chi connectivity index (χ4n) is 4.70. The molecule has 1 aromatic rings. The number of aromatic nitrogens is 1. The topological polar surface area (TPSA) is 48.5 Å². The summed E-state index contributed by atoms with van der Waals surface area (Å²) in [5.41, 5.74) is 1.31. The Morgan fingerprint density at radius 3 is 2.92 bits per heavy atom. The lowest BCUT2D eigenvalue weighted by molar-refractivity contribution is -0.131. The molecule has 0 radical (unpaired) electrons. The SMILES string of the molecule is CCN(CC)C(=O)CCC[C@H]1NC[C@@H]2C[C@@H]1CN(Cc1cccnc1)C2. The maximum Gasteiger partial charge on any atom is 0.222 e. The fourth-order valence-corrected chi connectivity index (χ4v) is 4.70. The first-order valence-electron chi connectivity index (χ1n) is 10.3. The van der Waals surface area contributed by atoms with E-state index < -0.39 is 0 Å². The van der Waals surface area contributed by atoms with Crippen molar-refractivity contribution < 1.29 is 4.79 Å². The lowest BCUT2D eigenvalue weighted by Crippen LogP contribution is -2.55. The molecule has 5 heteroatoms. The van der Waals surface area contributed by atoms with Crippen molar-refractivity contribution in [2.24, 2.45) is 11.8 Å². The molecule has 5 nitrogen and oxygen atoms in total. The minimum Gasteiger partial charge on any atom is -0.343 e. The Hall–Kier alpha value is -1.46. The number of fused-ring (bicyclic) bond motifs is 2. The monoisotopic (exact) mass is 358 g/mol. The molecule has 2 fully saturated rings. The van der Waals surface area contributed by atoms with Gasteiger partial charge < -0.3 is 10.2 Å². The van der Waals surface area contributed by atoms with Gasteiger partial charge in [-0.1, -0.05) is 6.07 Å². The second-order valence-corrected chi connectivity index (χ2v) is 7.89. The number of hydrogen-bond donors (Lipinski definition) is 1. The molecule has 1 amide bonds. The van der Waals surface area contributed by atoms with Crippen molar-refractivity contribution in [3.05, 3.63) is 30.1 Å². The van der Waals surface area contributed by atoms with E-state index in [0.717, 1.165) is 51.5 Å². The van der Waals surface area contributed by atoms with Crippen molar-refractivity contribution in [1.82, 2.24) is 20.1 Å². The van der Waals surface area contributed by atoms with Crippen LogP contribution in [0.3, 0.4) is 0 Å². The van der Waals surface area contributed by atoms with Crippen LogP contribution >= 0.6 is 0 Å². The highest BCUT2D eigenvalue weighted by atomic mass is 16.2. The van der Waals surface area contributed by atoms with E-state index >= 15 is 0 Å². The van der Waals surface area contributed by atoms with Gasteiger partial charge in [0.15, 0.2) is 0 Å². The third kappa shape index (κ3) is 5.04. The Morgan fingerprint density at radius 2 is 2.19 bits per heavy atom. The molecule has 3 rings (SSSR count). The molecule has 3 heterocycles. The van der Waals surface area contributed by atoms with Gasteiger partial charge >= 0.3 is 0 Å². The average Bonchev–Trinajstić information content (AvgIpc) is 2.65. The minimum absolute atomic E-state index is 0.311. The predicted octanol–water partition coefficient (Wildman–Crippen LogP) is 2.53. The second kappa shape index (κ2) is 9.47.